The predicted molar refractivity (Wildman–Crippen MR) is 138 cm³/mol. The van der Waals surface area contributed by atoms with E-state index in [0.717, 1.165) is 38.0 Å². The highest BCUT2D eigenvalue weighted by Crippen LogP contribution is 2.34. The molecule has 6 heteroatoms. The number of para-hydroxylation sites is 1. The summed E-state index contributed by atoms with van der Waals surface area (Å²) in [5, 5.41) is 0.748. The summed E-state index contributed by atoms with van der Waals surface area (Å²) in [5.41, 5.74) is 3.28. The zero-order valence-corrected chi connectivity index (χ0v) is 20.5. The van der Waals surface area contributed by atoms with Gasteiger partial charge in [-0.2, -0.15) is 0 Å². The molecule has 0 atom stereocenters. The molecule has 0 bridgehead atoms. The highest BCUT2D eigenvalue weighted by atomic mass is 32.2. The summed E-state index contributed by atoms with van der Waals surface area (Å²) >= 11 is 3.22. The summed E-state index contributed by atoms with van der Waals surface area (Å²) in [6, 6.07) is 22.8. The van der Waals surface area contributed by atoms with Crippen molar-refractivity contribution in [1.82, 2.24) is 4.98 Å². The lowest BCUT2D eigenvalue weighted by Gasteiger charge is -2.20. The number of carbonyl (C=O) groups is 1. The molecular formula is C27H27FN2OS2. The molecule has 4 rings (SSSR count). The smallest absolute Gasteiger partial charge is 0.229 e. The Hall–Kier alpha value is -2.70. The Bertz CT molecular complexity index is 1210. The summed E-state index contributed by atoms with van der Waals surface area (Å²) in [6.07, 6.45) is 1.18. The first kappa shape index (κ1) is 23.5. The molecule has 0 aliphatic heterocycles. The molecule has 0 saturated carbocycles. The van der Waals surface area contributed by atoms with Gasteiger partial charge in [-0.05, 0) is 59.6 Å². The fourth-order valence-electron chi connectivity index (χ4n) is 3.65. The fraction of sp³-hybridized carbons (Fsp3) is 0.259. The standard InChI is InChI=1S/C27H27FN2OS2/c1-19(2)23-10-6-11-24-26(23)29-27(33-24)30(18-20-8-4-3-5-9-20)25(31)12-7-17-32-22-15-13-21(28)14-16-22/h3-6,8-11,13-16,19H,7,12,17-18H2,1-2H3. The lowest BCUT2D eigenvalue weighted by Crippen LogP contribution is -2.30. The van der Waals surface area contributed by atoms with Crippen LogP contribution in [0.25, 0.3) is 10.2 Å². The minimum Gasteiger partial charge on any atom is -0.284 e. The molecule has 170 valence electrons. The molecule has 33 heavy (non-hydrogen) atoms. The molecule has 0 spiro atoms. The second kappa shape index (κ2) is 10.9. The maximum atomic E-state index is 13.3. The summed E-state index contributed by atoms with van der Waals surface area (Å²) in [7, 11) is 0. The van der Waals surface area contributed by atoms with Crippen LogP contribution in [-0.4, -0.2) is 16.6 Å². The number of carbonyl (C=O) groups excluding carboxylic acids is 1. The minimum absolute atomic E-state index is 0.0729. The van der Waals surface area contributed by atoms with Gasteiger partial charge in [0.15, 0.2) is 5.13 Å². The van der Waals surface area contributed by atoms with Crippen LogP contribution in [0.4, 0.5) is 9.52 Å². The van der Waals surface area contributed by atoms with Crippen molar-refractivity contribution in [2.75, 3.05) is 10.7 Å². The van der Waals surface area contributed by atoms with E-state index in [-0.39, 0.29) is 11.7 Å². The summed E-state index contributed by atoms with van der Waals surface area (Å²) in [6.45, 7) is 4.83. The third kappa shape index (κ3) is 6.01. The highest BCUT2D eigenvalue weighted by molar-refractivity contribution is 7.99. The Labute approximate surface area is 202 Å². The molecule has 1 amide bonds. The van der Waals surface area contributed by atoms with E-state index in [1.165, 1.54) is 17.7 Å². The number of aromatic nitrogens is 1. The van der Waals surface area contributed by atoms with E-state index in [0.29, 0.717) is 18.9 Å². The van der Waals surface area contributed by atoms with Gasteiger partial charge in [-0.25, -0.2) is 9.37 Å². The third-order valence-corrected chi connectivity index (χ3v) is 7.54. The number of thioether (sulfide) groups is 1. The first-order valence-corrected chi connectivity index (χ1v) is 12.9. The van der Waals surface area contributed by atoms with Crippen molar-refractivity contribution in [2.24, 2.45) is 0 Å². The molecule has 0 aliphatic rings. The number of thiazole rings is 1. The molecule has 1 aromatic heterocycles. The van der Waals surface area contributed by atoms with Crippen LogP contribution in [0.15, 0.2) is 77.7 Å². The van der Waals surface area contributed by atoms with Crippen molar-refractivity contribution in [2.45, 2.75) is 44.0 Å². The van der Waals surface area contributed by atoms with Gasteiger partial charge in [-0.1, -0.05) is 67.6 Å². The maximum absolute atomic E-state index is 13.3. The van der Waals surface area contributed by atoms with Crippen LogP contribution in [0.5, 0.6) is 0 Å². The normalized spacial score (nSPS) is 11.3. The van der Waals surface area contributed by atoms with Crippen molar-refractivity contribution >= 4 is 44.4 Å². The van der Waals surface area contributed by atoms with Gasteiger partial charge in [-0.15, -0.1) is 11.8 Å². The van der Waals surface area contributed by atoms with E-state index in [2.05, 4.69) is 32.0 Å². The molecule has 0 radical (unpaired) electrons. The summed E-state index contributed by atoms with van der Waals surface area (Å²) in [4.78, 5) is 21.1. The third-order valence-electron chi connectivity index (χ3n) is 5.39. The fourth-order valence-corrected chi connectivity index (χ4v) is 5.52. The minimum atomic E-state index is -0.234. The van der Waals surface area contributed by atoms with E-state index < -0.39 is 0 Å². The number of hydrogen-bond donors (Lipinski definition) is 0. The monoisotopic (exact) mass is 478 g/mol. The van der Waals surface area contributed by atoms with Crippen molar-refractivity contribution in [3.63, 3.8) is 0 Å². The summed E-state index contributed by atoms with van der Waals surface area (Å²) < 4.78 is 14.2. The second-order valence-electron chi connectivity index (χ2n) is 8.22. The van der Waals surface area contributed by atoms with Crippen LogP contribution in [0, 0.1) is 5.82 Å². The average Bonchev–Trinajstić information content (AvgIpc) is 3.26. The number of rotatable bonds is 9. The number of nitrogens with zero attached hydrogens (tertiary/aromatic N) is 2. The first-order chi connectivity index (χ1) is 16.0. The molecule has 0 saturated heterocycles. The van der Waals surface area contributed by atoms with Gasteiger partial charge in [0.25, 0.3) is 0 Å². The Morgan fingerprint density at radius 3 is 2.52 bits per heavy atom. The Kier molecular flexibility index (Phi) is 7.78. The van der Waals surface area contributed by atoms with Gasteiger partial charge in [0.05, 0.1) is 16.8 Å². The molecule has 3 nitrogen and oxygen atoms in total. The molecule has 3 aromatic carbocycles. The van der Waals surface area contributed by atoms with Crippen LogP contribution < -0.4 is 4.90 Å². The van der Waals surface area contributed by atoms with Crippen molar-refractivity contribution in [3.05, 3.63) is 89.7 Å². The maximum Gasteiger partial charge on any atom is 0.229 e. The lowest BCUT2D eigenvalue weighted by molar-refractivity contribution is -0.118. The van der Waals surface area contributed by atoms with Crippen LogP contribution >= 0.6 is 23.1 Å². The lowest BCUT2D eigenvalue weighted by atomic mass is 10.0. The number of benzene rings is 3. The quantitative estimate of drug-likeness (QED) is 0.183. The highest BCUT2D eigenvalue weighted by Gasteiger charge is 2.21. The molecular weight excluding hydrogens is 451 g/mol. The number of anilines is 1. The van der Waals surface area contributed by atoms with Crippen LogP contribution in [0.3, 0.4) is 0 Å². The van der Waals surface area contributed by atoms with Crippen molar-refractivity contribution in [3.8, 4) is 0 Å². The van der Waals surface area contributed by atoms with E-state index >= 15 is 0 Å². The Morgan fingerprint density at radius 2 is 1.79 bits per heavy atom. The van der Waals surface area contributed by atoms with Crippen molar-refractivity contribution < 1.29 is 9.18 Å². The van der Waals surface area contributed by atoms with E-state index in [4.69, 9.17) is 4.98 Å². The second-order valence-corrected chi connectivity index (χ2v) is 10.4. The van der Waals surface area contributed by atoms with Crippen LogP contribution in [0.2, 0.25) is 0 Å². The number of fused-ring (bicyclic) bond motifs is 1. The van der Waals surface area contributed by atoms with Crippen molar-refractivity contribution in [1.29, 1.82) is 0 Å². The molecule has 0 aliphatic carbocycles. The number of halogens is 1. The van der Waals surface area contributed by atoms with E-state index in [1.807, 2.05) is 35.2 Å². The van der Waals surface area contributed by atoms with E-state index in [9.17, 15) is 9.18 Å². The van der Waals surface area contributed by atoms with Gasteiger partial charge >= 0.3 is 0 Å². The first-order valence-electron chi connectivity index (χ1n) is 11.1. The molecule has 1 heterocycles. The van der Waals surface area contributed by atoms with Gasteiger partial charge in [-0.3, -0.25) is 9.69 Å². The average molecular weight is 479 g/mol. The largest absolute Gasteiger partial charge is 0.284 e. The molecule has 4 aromatic rings. The Balaban J connectivity index is 1.51. The van der Waals surface area contributed by atoms with Gasteiger partial charge < -0.3 is 0 Å². The molecule has 0 fully saturated rings. The van der Waals surface area contributed by atoms with Gasteiger partial charge in [0.1, 0.15) is 5.82 Å². The zero-order chi connectivity index (χ0) is 23.2. The SMILES string of the molecule is CC(C)c1cccc2sc(N(Cc3ccccc3)C(=O)CCCSc3ccc(F)cc3)nc12. The number of hydrogen-bond acceptors (Lipinski definition) is 4. The number of amides is 1. The molecule has 0 N–H and O–H groups in total. The zero-order valence-electron chi connectivity index (χ0n) is 18.8. The van der Waals surface area contributed by atoms with Crippen LogP contribution in [0.1, 0.15) is 43.7 Å². The van der Waals surface area contributed by atoms with E-state index in [1.54, 1.807) is 35.2 Å². The topological polar surface area (TPSA) is 33.2 Å². The Morgan fingerprint density at radius 1 is 1.03 bits per heavy atom. The molecule has 0 unspecified atom stereocenters. The van der Waals surface area contributed by atoms with Gasteiger partial charge in [0.2, 0.25) is 5.91 Å². The predicted octanol–water partition coefficient (Wildman–Crippen LogP) is 7.66. The van der Waals surface area contributed by atoms with Crippen LogP contribution in [-0.2, 0) is 11.3 Å². The summed E-state index contributed by atoms with van der Waals surface area (Å²) in [5.74, 6) is 1.00. The van der Waals surface area contributed by atoms with Gasteiger partial charge in [0, 0.05) is 11.3 Å².